The highest BCUT2D eigenvalue weighted by atomic mass is 16.4. The molecule has 0 aliphatic carbocycles. The molecule has 0 radical (unpaired) electrons. The second-order valence-corrected chi connectivity index (χ2v) is 3.18. The normalized spacial score (nSPS) is 20.6. The van der Waals surface area contributed by atoms with Gasteiger partial charge in [0, 0.05) is 6.20 Å². The van der Waals surface area contributed by atoms with Crippen molar-refractivity contribution in [3.8, 4) is 0 Å². The third kappa shape index (κ3) is 1.64. The molecule has 1 aromatic rings. The van der Waals surface area contributed by atoms with E-state index in [1.54, 1.807) is 6.20 Å². The van der Waals surface area contributed by atoms with Crippen LogP contribution >= 0.6 is 0 Å². The van der Waals surface area contributed by atoms with Crippen molar-refractivity contribution in [1.82, 2.24) is 4.98 Å². The Morgan fingerprint density at radius 3 is 2.93 bits per heavy atom. The quantitative estimate of drug-likeness (QED) is 0.760. The van der Waals surface area contributed by atoms with Gasteiger partial charge < -0.3 is 5.11 Å². The zero-order valence-electron chi connectivity index (χ0n) is 7.55. The van der Waals surface area contributed by atoms with E-state index in [0.717, 1.165) is 11.4 Å². The van der Waals surface area contributed by atoms with E-state index in [4.69, 9.17) is 5.11 Å². The Morgan fingerprint density at radius 2 is 2.36 bits per heavy atom. The number of carbonyl (C=O) groups is 1. The molecule has 1 aliphatic heterocycles. The molecule has 0 amide bonds. The lowest BCUT2D eigenvalue weighted by Crippen LogP contribution is -2.13. The minimum absolute atomic E-state index is 0.577. The first-order valence-electron chi connectivity index (χ1n) is 4.48. The number of nitrogens with zero attached hydrogens (tertiary/aromatic N) is 2. The summed E-state index contributed by atoms with van der Waals surface area (Å²) >= 11 is 0. The smallest absolute Gasteiger partial charge is 0.328 e. The van der Waals surface area contributed by atoms with Crippen molar-refractivity contribution in [3.05, 3.63) is 30.1 Å². The second-order valence-electron chi connectivity index (χ2n) is 3.18. The molecular weight excluding hydrogens is 180 g/mol. The van der Waals surface area contributed by atoms with Crippen molar-refractivity contribution < 1.29 is 9.90 Å². The van der Waals surface area contributed by atoms with Crippen molar-refractivity contribution in [2.45, 2.75) is 18.9 Å². The van der Waals surface area contributed by atoms with Gasteiger partial charge in [-0.2, -0.15) is 0 Å². The van der Waals surface area contributed by atoms with E-state index < -0.39 is 12.0 Å². The Bertz CT molecular complexity index is 373. The third-order valence-corrected chi connectivity index (χ3v) is 2.21. The zero-order chi connectivity index (χ0) is 9.97. The molecule has 1 aliphatic rings. The van der Waals surface area contributed by atoms with Gasteiger partial charge in [0.1, 0.15) is 6.04 Å². The van der Waals surface area contributed by atoms with E-state index in [1.807, 2.05) is 18.2 Å². The van der Waals surface area contributed by atoms with E-state index in [9.17, 15) is 4.79 Å². The molecule has 2 rings (SSSR count). The van der Waals surface area contributed by atoms with E-state index in [-0.39, 0.29) is 0 Å². The lowest BCUT2D eigenvalue weighted by atomic mass is 10.1. The van der Waals surface area contributed by atoms with Gasteiger partial charge in [-0.05, 0) is 25.0 Å². The van der Waals surface area contributed by atoms with Gasteiger partial charge in [-0.15, -0.1) is 0 Å². The first kappa shape index (κ1) is 8.87. The van der Waals surface area contributed by atoms with Gasteiger partial charge in [-0.25, -0.2) is 4.79 Å². The molecule has 2 heterocycles. The summed E-state index contributed by atoms with van der Waals surface area (Å²) in [7, 11) is 0. The van der Waals surface area contributed by atoms with Crippen LogP contribution in [0, 0.1) is 0 Å². The minimum Gasteiger partial charge on any atom is -0.480 e. The average molecular weight is 190 g/mol. The van der Waals surface area contributed by atoms with Crippen LogP contribution in [0.15, 0.2) is 29.4 Å². The summed E-state index contributed by atoms with van der Waals surface area (Å²) in [6.07, 6.45) is 2.97. The van der Waals surface area contributed by atoms with E-state index >= 15 is 0 Å². The van der Waals surface area contributed by atoms with Crippen molar-refractivity contribution in [2.75, 3.05) is 0 Å². The average Bonchev–Trinajstić information content (AvgIpc) is 2.68. The maximum Gasteiger partial charge on any atom is 0.328 e. The first-order chi connectivity index (χ1) is 6.77. The molecule has 1 unspecified atom stereocenters. The molecule has 4 nitrogen and oxygen atoms in total. The maximum absolute atomic E-state index is 10.7. The van der Waals surface area contributed by atoms with Gasteiger partial charge in [0.15, 0.2) is 0 Å². The Hall–Kier alpha value is -1.71. The molecule has 72 valence electrons. The summed E-state index contributed by atoms with van der Waals surface area (Å²) in [5.41, 5.74) is 1.59. The van der Waals surface area contributed by atoms with Gasteiger partial charge in [-0.3, -0.25) is 9.98 Å². The Balaban J connectivity index is 2.22. The molecule has 0 aromatic carbocycles. The lowest BCUT2D eigenvalue weighted by Gasteiger charge is -1.96. The second kappa shape index (κ2) is 3.57. The van der Waals surface area contributed by atoms with Crippen molar-refractivity contribution >= 4 is 11.7 Å². The number of carboxylic acids is 1. The predicted octanol–water partition coefficient (Wildman–Crippen LogP) is 1.12. The number of aliphatic carboxylic acids is 1. The summed E-state index contributed by atoms with van der Waals surface area (Å²) in [6.45, 7) is 0. The largest absolute Gasteiger partial charge is 0.480 e. The molecule has 1 N–H and O–H groups in total. The zero-order valence-corrected chi connectivity index (χ0v) is 7.55. The number of pyridine rings is 1. The Kier molecular flexibility index (Phi) is 2.26. The van der Waals surface area contributed by atoms with Crippen LogP contribution in [0.4, 0.5) is 0 Å². The molecule has 1 atom stereocenters. The van der Waals surface area contributed by atoms with Gasteiger partial charge in [0.2, 0.25) is 0 Å². The van der Waals surface area contributed by atoms with E-state index in [2.05, 4.69) is 9.98 Å². The Morgan fingerprint density at radius 1 is 1.50 bits per heavy atom. The lowest BCUT2D eigenvalue weighted by molar-refractivity contribution is -0.138. The number of aliphatic imine (C=N–C) groups is 1. The third-order valence-electron chi connectivity index (χ3n) is 2.21. The highest BCUT2D eigenvalue weighted by Crippen LogP contribution is 2.17. The number of aromatic nitrogens is 1. The molecule has 0 saturated carbocycles. The van der Waals surface area contributed by atoms with Crippen LogP contribution in [0.1, 0.15) is 18.5 Å². The van der Waals surface area contributed by atoms with Gasteiger partial charge in [0.05, 0.1) is 11.4 Å². The van der Waals surface area contributed by atoms with Gasteiger partial charge in [-0.1, -0.05) is 6.07 Å². The highest BCUT2D eigenvalue weighted by Gasteiger charge is 2.24. The SMILES string of the molecule is O=C(O)C1CCC(c2ccccn2)=N1. The fourth-order valence-corrected chi connectivity index (χ4v) is 1.50. The molecule has 0 spiro atoms. The van der Waals surface area contributed by atoms with E-state index in [1.165, 1.54) is 0 Å². The van der Waals surface area contributed by atoms with Crippen molar-refractivity contribution in [3.63, 3.8) is 0 Å². The summed E-state index contributed by atoms with van der Waals surface area (Å²) < 4.78 is 0. The molecule has 0 bridgehead atoms. The fourth-order valence-electron chi connectivity index (χ4n) is 1.50. The van der Waals surface area contributed by atoms with Crippen LogP contribution in [0.3, 0.4) is 0 Å². The monoisotopic (exact) mass is 190 g/mol. The molecule has 4 heteroatoms. The van der Waals surface area contributed by atoms with Crippen LogP contribution in [0.5, 0.6) is 0 Å². The van der Waals surface area contributed by atoms with Crippen LogP contribution in [-0.2, 0) is 4.79 Å². The first-order valence-corrected chi connectivity index (χ1v) is 4.48. The number of hydrogen-bond donors (Lipinski definition) is 1. The molecule has 0 fully saturated rings. The molecule has 14 heavy (non-hydrogen) atoms. The van der Waals surface area contributed by atoms with Crippen LogP contribution < -0.4 is 0 Å². The van der Waals surface area contributed by atoms with Crippen molar-refractivity contribution in [2.24, 2.45) is 4.99 Å². The molecular formula is C10H10N2O2. The van der Waals surface area contributed by atoms with Crippen LogP contribution in [-0.4, -0.2) is 27.8 Å². The minimum atomic E-state index is -0.851. The van der Waals surface area contributed by atoms with Crippen LogP contribution in [0.25, 0.3) is 0 Å². The van der Waals surface area contributed by atoms with Gasteiger partial charge >= 0.3 is 5.97 Å². The standard InChI is InChI=1S/C10H10N2O2/c13-10(14)9-5-4-8(12-9)7-3-1-2-6-11-7/h1-3,6,9H,4-5H2,(H,13,14). The van der Waals surface area contributed by atoms with E-state index in [0.29, 0.717) is 12.8 Å². The molecule has 0 saturated heterocycles. The van der Waals surface area contributed by atoms with Crippen LogP contribution in [0.2, 0.25) is 0 Å². The Labute approximate surface area is 81.3 Å². The maximum atomic E-state index is 10.7. The summed E-state index contributed by atoms with van der Waals surface area (Å²) in [5, 5.41) is 8.75. The fraction of sp³-hybridized carbons (Fsp3) is 0.300. The predicted molar refractivity (Wildman–Crippen MR) is 51.4 cm³/mol. The number of hydrogen-bond acceptors (Lipinski definition) is 3. The summed E-state index contributed by atoms with van der Waals surface area (Å²) in [5.74, 6) is -0.851. The van der Waals surface area contributed by atoms with Crippen molar-refractivity contribution in [1.29, 1.82) is 0 Å². The summed E-state index contributed by atoms with van der Waals surface area (Å²) in [6, 6.07) is 4.97. The topological polar surface area (TPSA) is 62.5 Å². The molecule has 1 aromatic heterocycles. The van der Waals surface area contributed by atoms with Gasteiger partial charge in [0.25, 0.3) is 0 Å². The summed E-state index contributed by atoms with van der Waals surface area (Å²) in [4.78, 5) is 18.9. The highest BCUT2D eigenvalue weighted by molar-refractivity contribution is 6.02. The number of carboxylic acid groups (broad SMARTS) is 1. The number of rotatable bonds is 2.